The van der Waals surface area contributed by atoms with Crippen LogP contribution in [0.4, 0.5) is 5.82 Å². The molecule has 210 valence electrons. The molecular weight excluding hydrogens is 595 g/mol. The fraction of sp³-hybridized carbons (Fsp3) is 0.148. The predicted octanol–water partition coefficient (Wildman–Crippen LogP) is 0.360. The number of benzene rings is 2. The summed E-state index contributed by atoms with van der Waals surface area (Å²) in [7, 11) is -9.48. The van der Waals surface area contributed by atoms with E-state index in [0.29, 0.717) is 23.0 Å². The summed E-state index contributed by atoms with van der Waals surface area (Å²) in [5, 5.41) is 1.51. The van der Waals surface area contributed by atoms with Crippen molar-refractivity contribution in [3.05, 3.63) is 84.1 Å². The van der Waals surface area contributed by atoms with E-state index >= 15 is 0 Å². The van der Waals surface area contributed by atoms with Crippen molar-refractivity contribution >= 4 is 65.2 Å². The van der Waals surface area contributed by atoms with Crippen LogP contribution in [0.15, 0.2) is 82.6 Å². The van der Waals surface area contributed by atoms with Gasteiger partial charge in [0.15, 0.2) is 23.0 Å². The number of fused-ring (bicyclic) bond motifs is 4. The van der Waals surface area contributed by atoms with E-state index in [-0.39, 0.29) is 64.1 Å². The third-order valence-electron chi connectivity index (χ3n) is 6.41. The van der Waals surface area contributed by atoms with Gasteiger partial charge in [0.05, 0.1) is 5.52 Å². The van der Waals surface area contributed by atoms with Crippen LogP contribution in [0.5, 0.6) is 5.75 Å². The summed E-state index contributed by atoms with van der Waals surface area (Å²) in [6, 6.07) is 17.7. The number of allylic oxidation sites excluding steroid dienone is 2. The van der Waals surface area contributed by atoms with Crippen molar-refractivity contribution in [1.82, 2.24) is 9.97 Å². The maximum atomic E-state index is 11.8. The van der Waals surface area contributed by atoms with Crippen molar-refractivity contribution in [2.24, 2.45) is 0 Å². The fourth-order valence-electron chi connectivity index (χ4n) is 4.60. The average Bonchev–Trinajstić information content (AvgIpc) is 3.39. The van der Waals surface area contributed by atoms with Crippen LogP contribution in [-0.2, 0) is 26.1 Å². The third-order valence-corrected chi connectivity index (χ3v) is 7.56. The molecule has 15 heteroatoms. The SMILES string of the molecule is CCC(=Cc1oc2cc3ccccc3nc2[n+]1CS(=O)(=O)[O-])C=C1Oc2cc3ccccc3nc2N1CS(=O)(=O)[O-].[Na+]. The van der Waals surface area contributed by atoms with E-state index < -0.39 is 32.0 Å². The zero-order valence-electron chi connectivity index (χ0n) is 22.4. The molecule has 4 heterocycles. The van der Waals surface area contributed by atoms with Crippen LogP contribution < -0.4 is 43.8 Å². The second kappa shape index (κ2) is 11.4. The van der Waals surface area contributed by atoms with Gasteiger partial charge in [-0.3, -0.25) is 4.90 Å². The number of nitrogens with zero attached hydrogens (tertiary/aromatic N) is 4. The van der Waals surface area contributed by atoms with Crippen molar-refractivity contribution in [3.8, 4) is 5.75 Å². The van der Waals surface area contributed by atoms with Crippen molar-refractivity contribution in [2.45, 2.75) is 19.2 Å². The Labute approximate surface area is 262 Å². The third kappa shape index (κ3) is 6.20. The first-order valence-corrected chi connectivity index (χ1v) is 15.5. The molecule has 12 nitrogen and oxygen atoms in total. The number of ether oxygens (including phenoxy) is 1. The molecule has 0 radical (unpaired) electrons. The molecule has 0 atom stereocenters. The smallest absolute Gasteiger partial charge is 0.747 e. The summed E-state index contributed by atoms with van der Waals surface area (Å²) < 4.78 is 83.8. The summed E-state index contributed by atoms with van der Waals surface area (Å²) in [5.74, 6) is -1.37. The Morgan fingerprint density at radius 2 is 1.60 bits per heavy atom. The minimum atomic E-state index is -4.74. The second-order valence-corrected chi connectivity index (χ2v) is 12.1. The maximum absolute atomic E-state index is 11.8. The van der Waals surface area contributed by atoms with Gasteiger partial charge in [0.25, 0.3) is 5.89 Å². The van der Waals surface area contributed by atoms with Gasteiger partial charge in [0.1, 0.15) is 26.1 Å². The molecule has 42 heavy (non-hydrogen) atoms. The van der Waals surface area contributed by atoms with E-state index in [1.165, 1.54) is 12.2 Å². The summed E-state index contributed by atoms with van der Waals surface area (Å²) in [6.07, 6.45) is 3.36. The second-order valence-electron chi connectivity index (χ2n) is 9.33. The minimum Gasteiger partial charge on any atom is -0.747 e. The number of aromatic nitrogens is 3. The largest absolute Gasteiger partial charge is 1.00 e. The molecule has 0 saturated carbocycles. The molecule has 6 rings (SSSR count). The normalized spacial score (nSPS) is 14.9. The van der Waals surface area contributed by atoms with E-state index in [0.717, 1.165) is 20.2 Å². The molecule has 3 aromatic heterocycles. The van der Waals surface area contributed by atoms with Gasteiger partial charge in [-0.05, 0) is 35.2 Å². The maximum Gasteiger partial charge on any atom is 1.00 e. The quantitative estimate of drug-likeness (QED) is 0.141. The summed E-state index contributed by atoms with van der Waals surface area (Å²) in [6.45, 7) is 1.80. The molecule has 0 fully saturated rings. The van der Waals surface area contributed by atoms with Gasteiger partial charge in [0, 0.05) is 29.0 Å². The monoisotopic (exact) mass is 616 g/mol. The van der Waals surface area contributed by atoms with Crippen LogP contribution in [0, 0.1) is 0 Å². The molecule has 0 N–H and O–H groups in total. The Balaban J connectivity index is 0.00000353. The van der Waals surface area contributed by atoms with Gasteiger partial charge in [-0.1, -0.05) is 43.3 Å². The zero-order valence-corrected chi connectivity index (χ0v) is 26.1. The fourth-order valence-corrected chi connectivity index (χ4v) is 5.73. The number of anilines is 1. The number of para-hydroxylation sites is 2. The van der Waals surface area contributed by atoms with Gasteiger partial charge < -0.3 is 18.3 Å². The topological polar surface area (TPSA) is 170 Å². The van der Waals surface area contributed by atoms with Crippen molar-refractivity contribution in [3.63, 3.8) is 0 Å². The van der Waals surface area contributed by atoms with E-state index in [1.54, 1.807) is 43.3 Å². The molecular formula is C27H21N4NaO8S2. The standard InChI is InChI=1S/C27H22N4O8S2.Na/c1-2-17(11-24-30(15-40(32,33)34)26-22(38-24)13-18-7-3-5-9-20(18)28-26)12-25-31(16-41(35,36)37)27-23(39-25)14-19-8-4-6-10-21(19)29-27;/h3-14H,2,15-16H2,1H3,(H-,32,33,34,35,36,37);/q;+1/p-1. The molecule has 0 saturated heterocycles. The molecule has 5 aromatic rings. The van der Waals surface area contributed by atoms with E-state index in [4.69, 9.17) is 9.15 Å². The van der Waals surface area contributed by atoms with E-state index in [1.807, 2.05) is 24.3 Å². The number of rotatable bonds is 7. The van der Waals surface area contributed by atoms with Crippen molar-refractivity contribution in [1.29, 1.82) is 0 Å². The van der Waals surface area contributed by atoms with Gasteiger partial charge in [-0.2, -0.15) is 4.57 Å². The van der Waals surface area contributed by atoms with Gasteiger partial charge in [0.2, 0.25) is 11.5 Å². The summed E-state index contributed by atoms with van der Waals surface area (Å²) >= 11 is 0. The minimum absolute atomic E-state index is 0. The zero-order chi connectivity index (χ0) is 28.9. The first-order valence-electron chi connectivity index (χ1n) is 12.3. The Hall–Kier alpha value is -3.37. The van der Waals surface area contributed by atoms with Crippen LogP contribution >= 0.6 is 0 Å². The molecule has 0 amide bonds. The van der Waals surface area contributed by atoms with Gasteiger partial charge >= 0.3 is 35.2 Å². The van der Waals surface area contributed by atoms with Crippen LogP contribution in [0.25, 0.3) is 39.1 Å². The Morgan fingerprint density at radius 3 is 2.24 bits per heavy atom. The van der Waals surface area contributed by atoms with Gasteiger partial charge in [-0.15, -0.1) is 0 Å². The van der Waals surface area contributed by atoms with Gasteiger partial charge in [-0.25, -0.2) is 21.8 Å². The molecule has 0 bridgehead atoms. The number of oxazole rings is 1. The van der Waals surface area contributed by atoms with Crippen LogP contribution in [0.1, 0.15) is 19.2 Å². The number of hydrogen-bond acceptors (Lipinski definition) is 11. The molecule has 1 aliphatic rings. The molecule has 0 aliphatic carbocycles. The Kier molecular flexibility index (Phi) is 8.15. The first-order chi connectivity index (χ1) is 19.5. The number of hydrogen-bond donors (Lipinski definition) is 0. The van der Waals surface area contributed by atoms with Crippen molar-refractivity contribution in [2.75, 3.05) is 10.8 Å². The Bertz CT molecular complexity index is 2140. The number of pyridine rings is 2. The average molecular weight is 617 g/mol. The van der Waals surface area contributed by atoms with Crippen LogP contribution in [0.3, 0.4) is 0 Å². The Morgan fingerprint density at radius 1 is 0.952 bits per heavy atom. The predicted molar refractivity (Wildman–Crippen MR) is 147 cm³/mol. The molecule has 2 aromatic carbocycles. The van der Waals surface area contributed by atoms with E-state index in [2.05, 4.69) is 9.97 Å². The van der Waals surface area contributed by atoms with Crippen LogP contribution in [-0.4, -0.2) is 41.8 Å². The molecule has 0 unspecified atom stereocenters. The molecule has 0 spiro atoms. The molecule has 1 aliphatic heterocycles. The summed E-state index contributed by atoms with van der Waals surface area (Å²) in [4.78, 5) is 10.2. The summed E-state index contributed by atoms with van der Waals surface area (Å²) in [5.41, 5.74) is 2.10. The first kappa shape index (κ1) is 30.1. The van der Waals surface area contributed by atoms with E-state index in [9.17, 15) is 25.9 Å². The van der Waals surface area contributed by atoms with Crippen LogP contribution in [0.2, 0.25) is 0 Å². The van der Waals surface area contributed by atoms with Crippen molar-refractivity contribution < 1.29 is 69.2 Å².